The second-order valence-electron chi connectivity index (χ2n) is 5.76. The number of hydrogen-bond donors (Lipinski definition) is 1. The van der Waals surface area contributed by atoms with Crippen LogP contribution in [-0.4, -0.2) is 48.6 Å². The number of nitrogens with one attached hydrogen (secondary N) is 1. The summed E-state index contributed by atoms with van der Waals surface area (Å²) in [7, 11) is 1.49. The number of ether oxygens (including phenoxy) is 1. The molecule has 0 aromatic heterocycles. The fraction of sp³-hybridized carbons (Fsp3) is 0.158. The lowest BCUT2D eigenvalue weighted by atomic mass is 10.3. The molecule has 0 spiro atoms. The van der Waals surface area contributed by atoms with Gasteiger partial charge in [0.1, 0.15) is 12.3 Å². The predicted octanol–water partition coefficient (Wildman–Crippen LogP) is 2.35. The van der Waals surface area contributed by atoms with E-state index in [9.17, 15) is 19.2 Å². The number of urea groups is 1. The Bertz CT molecular complexity index is 945. The van der Waals surface area contributed by atoms with E-state index >= 15 is 0 Å². The van der Waals surface area contributed by atoms with E-state index in [-0.39, 0.29) is 5.69 Å². The SMILES string of the molecule is COc1ccc(N2C(=O)C(=O)N(CC(=O)Nc3ccccc3SC)C2=O)cc1. The van der Waals surface area contributed by atoms with E-state index in [1.54, 1.807) is 24.3 Å². The molecule has 0 radical (unpaired) electrons. The number of para-hydroxylation sites is 1. The second-order valence-corrected chi connectivity index (χ2v) is 6.61. The molecule has 8 nitrogen and oxygen atoms in total. The van der Waals surface area contributed by atoms with E-state index in [1.807, 2.05) is 18.4 Å². The van der Waals surface area contributed by atoms with Crippen molar-refractivity contribution < 1.29 is 23.9 Å². The molecule has 0 aliphatic carbocycles. The predicted molar refractivity (Wildman–Crippen MR) is 104 cm³/mol. The lowest BCUT2D eigenvalue weighted by Gasteiger charge is -2.16. The first kappa shape index (κ1) is 19.4. The molecule has 3 rings (SSSR count). The molecule has 28 heavy (non-hydrogen) atoms. The number of anilines is 2. The highest BCUT2D eigenvalue weighted by atomic mass is 32.2. The summed E-state index contributed by atoms with van der Waals surface area (Å²) < 4.78 is 5.04. The quantitative estimate of drug-likeness (QED) is 0.455. The number of benzene rings is 2. The first-order valence-electron chi connectivity index (χ1n) is 8.23. The maximum Gasteiger partial charge on any atom is 0.339 e. The Labute approximate surface area is 165 Å². The highest BCUT2D eigenvalue weighted by Crippen LogP contribution is 2.26. The van der Waals surface area contributed by atoms with Gasteiger partial charge in [0.05, 0.1) is 18.5 Å². The van der Waals surface area contributed by atoms with Crippen LogP contribution in [0.5, 0.6) is 5.75 Å². The monoisotopic (exact) mass is 399 g/mol. The van der Waals surface area contributed by atoms with Gasteiger partial charge in [0.25, 0.3) is 0 Å². The van der Waals surface area contributed by atoms with Gasteiger partial charge in [-0.25, -0.2) is 14.6 Å². The number of carbonyl (C=O) groups excluding carboxylic acids is 4. The van der Waals surface area contributed by atoms with E-state index in [2.05, 4.69) is 5.32 Å². The maximum absolute atomic E-state index is 12.6. The highest BCUT2D eigenvalue weighted by Gasteiger charge is 2.46. The molecule has 0 atom stereocenters. The summed E-state index contributed by atoms with van der Waals surface area (Å²) in [6, 6.07) is 12.4. The molecule has 2 aromatic rings. The van der Waals surface area contributed by atoms with Gasteiger partial charge in [-0.3, -0.25) is 14.4 Å². The van der Waals surface area contributed by atoms with Gasteiger partial charge in [-0.1, -0.05) is 12.1 Å². The van der Waals surface area contributed by atoms with Crippen LogP contribution >= 0.6 is 11.8 Å². The minimum atomic E-state index is -1.05. The van der Waals surface area contributed by atoms with Crippen molar-refractivity contribution in [1.29, 1.82) is 0 Å². The molecule has 1 aliphatic heterocycles. The van der Waals surface area contributed by atoms with Crippen molar-refractivity contribution >= 4 is 46.9 Å². The van der Waals surface area contributed by atoms with E-state index in [4.69, 9.17) is 4.74 Å². The summed E-state index contributed by atoms with van der Waals surface area (Å²) in [6.07, 6.45) is 1.86. The van der Waals surface area contributed by atoms with Crippen LogP contribution in [0.1, 0.15) is 0 Å². The Balaban J connectivity index is 1.75. The molecule has 1 saturated heterocycles. The third kappa shape index (κ3) is 3.70. The molecule has 1 fully saturated rings. The van der Waals surface area contributed by atoms with Crippen molar-refractivity contribution in [1.82, 2.24) is 4.90 Å². The molecule has 0 saturated carbocycles. The first-order valence-corrected chi connectivity index (χ1v) is 9.45. The molecule has 2 aromatic carbocycles. The number of imide groups is 2. The lowest BCUT2D eigenvalue weighted by Crippen LogP contribution is -2.39. The molecule has 1 N–H and O–H groups in total. The summed E-state index contributed by atoms with van der Waals surface area (Å²) in [5.74, 6) is -2.09. The number of thioether (sulfide) groups is 1. The van der Waals surface area contributed by atoms with E-state index in [1.165, 1.54) is 31.0 Å². The molecule has 144 valence electrons. The van der Waals surface area contributed by atoms with Gasteiger partial charge in [0.15, 0.2) is 0 Å². The van der Waals surface area contributed by atoms with Gasteiger partial charge in [-0.2, -0.15) is 0 Å². The summed E-state index contributed by atoms with van der Waals surface area (Å²) in [5, 5.41) is 2.66. The van der Waals surface area contributed by atoms with Crippen molar-refractivity contribution in [2.24, 2.45) is 0 Å². The zero-order valence-corrected chi connectivity index (χ0v) is 16.0. The normalized spacial score (nSPS) is 13.9. The zero-order chi connectivity index (χ0) is 20.3. The Hall–Kier alpha value is -3.33. The summed E-state index contributed by atoms with van der Waals surface area (Å²) >= 11 is 1.45. The van der Waals surface area contributed by atoms with Crippen LogP contribution in [-0.2, 0) is 14.4 Å². The second kappa shape index (κ2) is 8.13. The minimum absolute atomic E-state index is 0.222. The standard InChI is InChI=1S/C19H17N3O5S/c1-27-13-9-7-12(8-10-13)22-18(25)17(24)21(19(22)26)11-16(23)20-14-5-3-4-6-15(14)28-2/h3-10H,11H2,1-2H3,(H,20,23). The van der Waals surface area contributed by atoms with Crippen LogP contribution in [0.15, 0.2) is 53.4 Å². The number of methoxy groups -OCH3 is 1. The number of nitrogens with zero attached hydrogens (tertiary/aromatic N) is 2. The molecule has 0 unspecified atom stereocenters. The number of hydrogen-bond acceptors (Lipinski definition) is 6. The topological polar surface area (TPSA) is 96.0 Å². The van der Waals surface area contributed by atoms with Gasteiger partial charge in [0, 0.05) is 4.90 Å². The van der Waals surface area contributed by atoms with Crippen molar-refractivity contribution in [3.8, 4) is 5.75 Å². The third-order valence-electron chi connectivity index (χ3n) is 4.07. The summed E-state index contributed by atoms with van der Waals surface area (Å²) in [5.41, 5.74) is 0.789. The lowest BCUT2D eigenvalue weighted by molar-refractivity contribution is -0.140. The van der Waals surface area contributed by atoms with Gasteiger partial charge in [-0.05, 0) is 42.7 Å². The average molecular weight is 399 g/mol. The molecule has 5 amide bonds. The van der Waals surface area contributed by atoms with Crippen molar-refractivity contribution in [3.05, 3.63) is 48.5 Å². The Morgan fingerprint density at radius 1 is 1.04 bits per heavy atom. The van der Waals surface area contributed by atoms with Crippen LogP contribution in [0.3, 0.4) is 0 Å². The molecule has 1 aliphatic rings. The van der Waals surface area contributed by atoms with Gasteiger partial charge < -0.3 is 10.1 Å². The number of carbonyl (C=O) groups is 4. The third-order valence-corrected chi connectivity index (χ3v) is 4.86. The smallest absolute Gasteiger partial charge is 0.339 e. The highest BCUT2D eigenvalue weighted by molar-refractivity contribution is 7.98. The molecule has 1 heterocycles. The largest absolute Gasteiger partial charge is 0.497 e. The fourth-order valence-corrected chi connectivity index (χ4v) is 3.24. The molecular formula is C19H17N3O5S. The van der Waals surface area contributed by atoms with E-state index < -0.39 is 30.3 Å². The zero-order valence-electron chi connectivity index (χ0n) is 15.2. The number of amides is 5. The Kier molecular flexibility index (Phi) is 5.65. The average Bonchev–Trinajstić information content (AvgIpc) is 2.92. The van der Waals surface area contributed by atoms with Gasteiger partial charge >= 0.3 is 17.8 Å². The fourth-order valence-electron chi connectivity index (χ4n) is 2.69. The van der Waals surface area contributed by atoms with E-state index in [0.717, 1.165) is 9.80 Å². The van der Waals surface area contributed by atoms with Crippen LogP contribution in [0.4, 0.5) is 16.2 Å². The van der Waals surface area contributed by atoms with Crippen molar-refractivity contribution in [3.63, 3.8) is 0 Å². The number of rotatable bonds is 6. The Morgan fingerprint density at radius 3 is 2.36 bits per heavy atom. The van der Waals surface area contributed by atoms with Gasteiger partial charge in [0.2, 0.25) is 5.91 Å². The summed E-state index contributed by atoms with van der Waals surface area (Å²) in [6.45, 7) is -0.557. The maximum atomic E-state index is 12.6. The van der Waals surface area contributed by atoms with Crippen LogP contribution in [0.25, 0.3) is 0 Å². The van der Waals surface area contributed by atoms with Crippen LogP contribution < -0.4 is 15.0 Å². The van der Waals surface area contributed by atoms with Gasteiger partial charge in [-0.15, -0.1) is 11.8 Å². The van der Waals surface area contributed by atoms with Crippen LogP contribution in [0, 0.1) is 0 Å². The van der Waals surface area contributed by atoms with E-state index in [0.29, 0.717) is 16.3 Å². The molecular weight excluding hydrogens is 382 g/mol. The molecule has 0 bridgehead atoms. The minimum Gasteiger partial charge on any atom is -0.497 e. The van der Waals surface area contributed by atoms with Crippen molar-refractivity contribution in [2.45, 2.75) is 4.90 Å². The molecule has 9 heteroatoms. The Morgan fingerprint density at radius 2 is 1.71 bits per heavy atom. The van der Waals surface area contributed by atoms with Crippen LogP contribution in [0.2, 0.25) is 0 Å². The van der Waals surface area contributed by atoms with Crippen molar-refractivity contribution in [2.75, 3.05) is 30.1 Å². The first-order chi connectivity index (χ1) is 13.5. The summed E-state index contributed by atoms with van der Waals surface area (Å²) in [4.78, 5) is 51.7.